The van der Waals surface area contributed by atoms with Crippen LogP contribution in [0.3, 0.4) is 0 Å². The third kappa shape index (κ3) is 5.90. The standard InChI is InChI=1S/C13H26/c1-5-8-9-10-11-12(4)13(6-2)7-3/h10-13H,5-9H2,1-4H3. The second-order valence-corrected chi connectivity index (χ2v) is 4.01. The average molecular weight is 182 g/mol. The summed E-state index contributed by atoms with van der Waals surface area (Å²) in [6.07, 6.45) is 11.3. The minimum atomic E-state index is 0.770. The lowest BCUT2D eigenvalue weighted by Crippen LogP contribution is -2.06. The zero-order valence-corrected chi connectivity index (χ0v) is 9.84. The molecule has 0 aliphatic heterocycles. The maximum Gasteiger partial charge on any atom is -0.0234 e. The number of allylic oxidation sites excluding steroid dienone is 2. The zero-order valence-electron chi connectivity index (χ0n) is 9.84. The number of unbranched alkanes of at least 4 members (excludes halogenated alkanes) is 2. The SMILES string of the molecule is CCCCC=CC(C)C(CC)CC. The first kappa shape index (κ1) is 12.7. The minimum absolute atomic E-state index is 0.770. The summed E-state index contributed by atoms with van der Waals surface area (Å²) in [5.41, 5.74) is 0. The summed E-state index contributed by atoms with van der Waals surface area (Å²) in [5, 5.41) is 0. The van der Waals surface area contributed by atoms with Crippen LogP contribution in [0.1, 0.15) is 59.8 Å². The maximum absolute atomic E-state index is 2.41. The molecule has 0 saturated carbocycles. The molecular formula is C13H26. The van der Waals surface area contributed by atoms with Gasteiger partial charge in [-0.1, -0.05) is 65.5 Å². The van der Waals surface area contributed by atoms with E-state index in [0.717, 1.165) is 11.8 Å². The quantitative estimate of drug-likeness (QED) is 0.392. The molecule has 13 heavy (non-hydrogen) atoms. The van der Waals surface area contributed by atoms with Crippen molar-refractivity contribution in [1.82, 2.24) is 0 Å². The van der Waals surface area contributed by atoms with Crippen LogP contribution in [0, 0.1) is 11.8 Å². The van der Waals surface area contributed by atoms with Gasteiger partial charge in [0.2, 0.25) is 0 Å². The van der Waals surface area contributed by atoms with Crippen molar-refractivity contribution in [3.05, 3.63) is 12.2 Å². The summed E-state index contributed by atoms with van der Waals surface area (Å²) < 4.78 is 0. The fraction of sp³-hybridized carbons (Fsp3) is 0.846. The van der Waals surface area contributed by atoms with E-state index in [1.54, 1.807) is 0 Å². The molecule has 0 N–H and O–H groups in total. The van der Waals surface area contributed by atoms with E-state index in [2.05, 4.69) is 39.8 Å². The molecule has 0 rings (SSSR count). The molecule has 0 aromatic rings. The topological polar surface area (TPSA) is 0 Å². The van der Waals surface area contributed by atoms with Crippen LogP contribution >= 0.6 is 0 Å². The minimum Gasteiger partial charge on any atom is -0.0883 e. The van der Waals surface area contributed by atoms with Crippen LogP contribution in [-0.4, -0.2) is 0 Å². The first-order valence-corrected chi connectivity index (χ1v) is 5.92. The van der Waals surface area contributed by atoms with Crippen LogP contribution in [0.2, 0.25) is 0 Å². The summed E-state index contributed by atoms with van der Waals surface area (Å²) in [5.74, 6) is 1.66. The fourth-order valence-electron chi connectivity index (χ4n) is 1.82. The molecule has 0 aliphatic carbocycles. The van der Waals surface area contributed by atoms with Gasteiger partial charge < -0.3 is 0 Å². The number of rotatable bonds is 7. The van der Waals surface area contributed by atoms with Gasteiger partial charge in [0.15, 0.2) is 0 Å². The van der Waals surface area contributed by atoms with Gasteiger partial charge in [0, 0.05) is 0 Å². The lowest BCUT2D eigenvalue weighted by Gasteiger charge is -2.17. The van der Waals surface area contributed by atoms with Gasteiger partial charge in [0.1, 0.15) is 0 Å². The van der Waals surface area contributed by atoms with Crippen molar-refractivity contribution in [2.45, 2.75) is 59.8 Å². The zero-order chi connectivity index (χ0) is 10.1. The Hall–Kier alpha value is -0.260. The van der Waals surface area contributed by atoms with Gasteiger partial charge in [-0.2, -0.15) is 0 Å². The molecule has 0 heterocycles. The third-order valence-corrected chi connectivity index (χ3v) is 2.96. The Morgan fingerprint density at radius 1 is 1.08 bits per heavy atom. The van der Waals surface area contributed by atoms with Crippen molar-refractivity contribution < 1.29 is 0 Å². The number of hydrogen-bond acceptors (Lipinski definition) is 0. The Bertz CT molecular complexity index is 120. The first-order chi connectivity index (χ1) is 6.26. The molecule has 0 aromatic carbocycles. The molecular weight excluding hydrogens is 156 g/mol. The first-order valence-electron chi connectivity index (χ1n) is 5.92. The van der Waals surface area contributed by atoms with Gasteiger partial charge in [0.05, 0.1) is 0 Å². The predicted molar refractivity (Wildman–Crippen MR) is 61.9 cm³/mol. The third-order valence-electron chi connectivity index (χ3n) is 2.96. The number of hydrogen-bond donors (Lipinski definition) is 0. The molecule has 0 fully saturated rings. The molecule has 0 heteroatoms. The van der Waals surface area contributed by atoms with Crippen molar-refractivity contribution in [2.75, 3.05) is 0 Å². The molecule has 0 spiro atoms. The molecule has 0 radical (unpaired) electrons. The van der Waals surface area contributed by atoms with E-state index < -0.39 is 0 Å². The molecule has 0 bridgehead atoms. The van der Waals surface area contributed by atoms with Crippen LogP contribution in [-0.2, 0) is 0 Å². The molecule has 1 atom stereocenters. The molecule has 0 aromatic heterocycles. The summed E-state index contributed by atoms with van der Waals surface area (Å²) in [6, 6.07) is 0. The van der Waals surface area contributed by atoms with Crippen molar-refractivity contribution in [1.29, 1.82) is 0 Å². The van der Waals surface area contributed by atoms with E-state index in [4.69, 9.17) is 0 Å². The van der Waals surface area contributed by atoms with E-state index in [1.807, 2.05) is 0 Å². The van der Waals surface area contributed by atoms with Crippen molar-refractivity contribution in [3.63, 3.8) is 0 Å². The van der Waals surface area contributed by atoms with E-state index in [9.17, 15) is 0 Å². The summed E-state index contributed by atoms with van der Waals surface area (Å²) in [7, 11) is 0. The van der Waals surface area contributed by atoms with Crippen molar-refractivity contribution in [2.24, 2.45) is 11.8 Å². The summed E-state index contributed by atoms with van der Waals surface area (Å²) in [4.78, 5) is 0. The summed E-state index contributed by atoms with van der Waals surface area (Å²) in [6.45, 7) is 9.19. The smallest absolute Gasteiger partial charge is 0.0234 e. The Kier molecular flexibility index (Phi) is 8.18. The van der Waals surface area contributed by atoms with Gasteiger partial charge in [-0.15, -0.1) is 0 Å². The molecule has 0 aliphatic rings. The predicted octanol–water partition coefficient (Wildman–Crippen LogP) is 4.81. The van der Waals surface area contributed by atoms with E-state index >= 15 is 0 Å². The average Bonchev–Trinajstić information content (AvgIpc) is 2.14. The normalized spacial score (nSPS) is 14.2. The van der Waals surface area contributed by atoms with Crippen LogP contribution in [0.5, 0.6) is 0 Å². The summed E-state index contributed by atoms with van der Waals surface area (Å²) >= 11 is 0. The second kappa shape index (κ2) is 8.34. The van der Waals surface area contributed by atoms with Crippen LogP contribution < -0.4 is 0 Å². The van der Waals surface area contributed by atoms with Gasteiger partial charge in [-0.25, -0.2) is 0 Å². The highest BCUT2D eigenvalue weighted by atomic mass is 14.1. The van der Waals surface area contributed by atoms with Crippen molar-refractivity contribution >= 4 is 0 Å². The van der Waals surface area contributed by atoms with E-state index in [0.29, 0.717) is 0 Å². The molecule has 0 amide bonds. The van der Waals surface area contributed by atoms with Crippen LogP contribution in [0.4, 0.5) is 0 Å². The second-order valence-electron chi connectivity index (χ2n) is 4.01. The Morgan fingerprint density at radius 2 is 1.69 bits per heavy atom. The van der Waals surface area contributed by atoms with Gasteiger partial charge in [-0.3, -0.25) is 0 Å². The molecule has 78 valence electrons. The Labute approximate surface area is 84.4 Å². The Morgan fingerprint density at radius 3 is 2.15 bits per heavy atom. The van der Waals surface area contributed by atoms with E-state index in [1.165, 1.54) is 32.1 Å². The lowest BCUT2D eigenvalue weighted by atomic mass is 9.89. The van der Waals surface area contributed by atoms with Crippen LogP contribution in [0.25, 0.3) is 0 Å². The highest BCUT2D eigenvalue weighted by molar-refractivity contribution is 4.88. The highest BCUT2D eigenvalue weighted by Crippen LogP contribution is 2.20. The Balaban J connectivity index is 3.69. The van der Waals surface area contributed by atoms with Crippen LogP contribution in [0.15, 0.2) is 12.2 Å². The molecule has 0 saturated heterocycles. The van der Waals surface area contributed by atoms with Gasteiger partial charge in [-0.05, 0) is 18.3 Å². The molecule has 0 nitrogen and oxygen atoms in total. The van der Waals surface area contributed by atoms with E-state index in [-0.39, 0.29) is 0 Å². The maximum atomic E-state index is 2.41. The highest BCUT2D eigenvalue weighted by Gasteiger charge is 2.09. The van der Waals surface area contributed by atoms with Crippen molar-refractivity contribution in [3.8, 4) is 0 Å². The largest absolute Gasteiger partial charge is 0.0883 e. The van der Waals surface area contributed by atoms with Gasteiger partial charge in [0.25, 0.3) is 0 Å². The lowest BCUT2D eigenvalue weighted by molar-refractivity contribution is 0.394. The molecule has 1 unspecified atom stereocenters. The fourth-order valence-corrected chi connectivity index (χ4v) is 1.82. The monoisotopic (exact) mass is 182 g/mol. The van der Waals surface area contributed by atoms with Gasteiger partial charge >= 0.3 is 0 Å².